The highest BCUT2D eigenvalue weighted by atomic mass is 16.6. The molecule has 1 aliphatic heterocycles. The summed E-state index contributed by atoms with van der Waals surface area (Å²) in [5.41, 5.74) is 0. The number of cyclic esters (lactones) is 1. The Morgan fingerprint density at radius 3 is 2.71 bits per heavy atom. The van der Waals surface area contributed by atoms with E-state index in [0.29, 0.717) is 0 Å². The van der Waals surface area contributed by atoms with Crippen LogP contribution in [0.3, 0.4) is 0 Å². The normalized spacial score (nSPS) is 28.1. The van der Waals surface area contributed by atoms with Crippen molar-refractivity contribution in [1.82, 2.24) is 0 Å². The van der Waals surface area contributed by atoms with Crippen LogP contribution in [0.25, 0.3) is 0 Å². The molecular weight excluding hydrogens is 96.0 g/mol. The molecule has 0 aromatic heterocycles. The summed E-state index contributed by atoms with van der Waals surface area (Å²) in [7, 11) is 0. The van der Waals surface area contributed by atoms with Crippen molar-refractivity contribution >= 4 is 5.97 Å². The number of carbonyl (C=O) groups is 1. The largest absolute Gasteiger partial charge is 0.429 e. The minimum atomic E-state index is -1.01. The van der Waals surface area contributed by atoms with Gasteiger partial charge in [0.1, 0.15) is 0 Å². The van der Waals surface area contributed by atoms with Gasteiger partial charge in [0.2, 0.25) is 6.29 Å². The zero-order chi connectivity index (χ0) is 5.28. The first-order valence-corrected chi connectivity index (χ1v) is 1.86. The predicted octanol–water partition coefficient (Wildman–Crippen LogP) is -0.582. The van der Waals surface area contributed by atoms with Crippen molar-refractivity contribution in [2.24, 2.45) is 0 Å². The maximum Gasteiger partial charge on any atom is 0.333 e. The standard InChI is InChI=1S/C4H4O3/c5-3-1-2-4(6)7-3/h1-3,5H/t3-/m0/s1. The summed E-state index contributed by atoms with van der Waals surface area (Å²) >= 11 is 0. The van der Waals surface area contributed by atoms with E-state index in [9.17, 15) is 4.79 Å². The molecule has 1 aliphatic rings. The van der Waals surface area contributed by atoms with Crippen molar-refractivity contribution in [3.63, 3.8) is 0 Å². The van der Waals surface area contributed by atoms with Gasteiger partial charge in [0.25, 0.3) is 0 Å². The van der Waals surface area contributed by atoms with Crippen molar-refractivity contribution in [2.75, 3.05) is 0 Å². The fraction of sp³-hybridized carbons (Fsp3) is 0.250. The smallest absolute Gasteiger partial charge is 0.333 e. The lowest BCUT2D eigenvalue weighted by Gasteiger charge is -1.94. The summed E-state index contributed by atoms with van der Waals surface area (Å²) in [6.45, 7) is 0. The van der Waals surface area contributed by atoms with Gasteiger partial charge in [0, 0.05) is 6.08 Å². The van der Waals surface area contributed by atoms with Gasteiger partial charge < -0.3 is 9.84 Å². The van der Waals surface area contributed by atoms with Crippen LogP contribution in [0.1, 0.15) is 0 Å². The van der Waals surface area contributed by atoms with E-state index >= 15 is 0 Å². The maximum absolute atomic E-state index is 9.98. The molecule has 0 radical (unpaired) electrons. The number of aliphatic hydroxyl groups is 1. The third-order valence-electron chi connectivity index (χ3n) is 0.634. The fourth-order valence-electron chi connectivity index (χ4n) is 0.358. The number of aliphatic hydroxyl groups excluding tert-OH is 1. The number of hydrogen-bond donors (Lipinski definition) is 1. The Balaban J connectivity index is 2.58. The van der Waals surface area contributed by atoms with E-state index in [1.165, 1.54) is 12.2 Å². The minimum Gasteiger partial charge on any atom is -0.429 e. The van der Waals surface area contributed by atoms with Crippen LogP contribution in [0.15, 0.2) is 12.2 Å². The molecule has 38 valence electrons. The molecule has 0 bridgehead atoms. The summed E-state index contributed by atoms with van der Waals surface area (Å²) < 4.78 is 4.17. The summed E-state index contributed by atoms with van der Waals surface area (Å²) in [6.07, 6.45) is 1.46. The Kier molecular flexibility index (Phi) is 0.834. The molecule has 1 rings (SSSR count). The van der Waals surface area contributed by atoms with Gasteiger partial charge in [-0.05, 0) is 6.08 Å². The molecule has 7 heavy (non-hydrogen) atoms. The lowest BCUT2D eigenvalue weighted by Crippen LogP contribution is -2.04. The zero-order valence-electron chi connectivity index (χ0n) is 3.50. The Morgan fingerprint density at radius 2 is 2.57 bits per heavy atom. The van der Waals surface area contributed by atoms with E-state index in [2.05, 4.69) is 4.74 Å². The Bertz CT molecular complexity index is 116. The first-order chi connectivity index (χ1) is 3.29. The molecule has 0 aromatic carbocycles. The van der Waals surface area contributed by atoms with Crippen LogP contribution in [-0.2, 0) is 9.53 Å². The van der Waals surface area contributed by atoms with Crippen molar-refractivity contribution in [1.29, 1.82) is 0 Å². The van der Waals surface area contributed by atoms with Gasteiger partial charge in [-0.2, -0.15) is 0 Å². The average Bonchev–Trinajstić information content (AvgIpc) is 1.87. The van der Waals surface area contributed by atoms with Crippen molar-refractivity contribution in [3.05, 3.63) is 12.2 Å². The Labute approximate surface area is 40.2 Å². The molecule has 0 spiro atoms. The van der Waals surface area contributed by atoms with E-state index in [4.69, 9.17) is 5.11 Å². The van der Waals surface area contributed by atoms with Gasteiger partial charge >= 0.3 is 5.97 Å². The van der Waals surface area contributed by atoms with E-state index in [1.807, 2.05) is 0 Å². The topological polar surface area (TPSA) is 46.5 Å². The molecule has 3 nitrogen and oxygen atoms in total. The summed E-state index contributed by atoms with van der Waals surface area (Å²) in [6, 6.07) is 0. The van der Waals surface area contributed by atoms with Crippen LogP contribution < -0.4 is 0 Å². The van der Waals surface area contributed by atoms with E-state index < -0.39 is 12.3 Å². The maximum atomic E-state index is 9.98. The SMILES string of the molecule is O=C1C=C[C@@H](O)O1. The summed E-state index contributed by atoms with van der Waals surface area (Å²) in [4.78, 5) is 9.98. The third kappa shape index (κ3) is 0.778. The molecule has 0 fully saturated rings. The second-order valence-electron chi connectivity index (χ2n) is 1.19. The highest BCUT2D eigenvalue weighted by Gasteiger charge is 2.10. The molecule has 1 atom stereocenters. The highest BCUT2D eigenvalue weighted by Crippen LogP contribution is 1.98. The van der Waals surface area contributed by atoms with Crippen LogP contribution in [0, 0.1) is 0 Å². The number of hydrogen-bond acceptors (Lipinski definition) is 3. The van der Waals surface area contributed by atoms with Gasteiger partial charge in [-0.1, -0.05) is 0 Å². The number of carbonyl (C=O) groups excluding carboxylic acids is 1. The van der Waals surface area contributed by atoms with Gasteiger partial charge in [-0.3, -0.25) is 0 Å². The van der Waals surface area contributed by atoms with E-state index in [-0.39, 0.29) is 0 Å². The van der Waals surface area contributed by atoms with Crippen molar-refractivity contribution in [3.8, 4) is 0 Å². The second-order valence-corrected chi connectivity index (χ2v) is 1.19. The monoisotopic (exact) mass is 100 g/mol. The minimum absolute atomic E-state index is 0.479. The fourth-order valence-corrected chi connectivity index (χ4v) is 0.358. The van der Waals surface area contributed by atoms with E-state index in [1.54, 1.807) is 0 Å². The third-order valence-corrected chi connectivity index (χ3v) is 0.634. The molecule has 0 unspecified atom stereocenters. The average molecular weight is 100 g/mol. The predicted molar refractivity (Wildman–Crippen MR) is 21.2 cm³/mol. The number of rotatable bonds is 0. The van der Waals surface area contributed by atoms with Crippen LogP contribution in [0.2, 0.25) is 0 Å². The van der Waals surface area contributed by atoms with Gasteiger partial charge in [-0.15, -0.1) is 0 Å². The molecule has 1 heterocycles. The first-order valence-electron chi connectivity index (χ1n) is 1.86. The lowest BCUT2D eigenvalue weighted by molar-refractivity contribution is -0.150. The molecule has 0 aliphatic carbocycles. The highest BCUT2D eigenvalue weighted by molar-refractivity contribution is 5.84. The zero-order valence-corrected chi connectivity index (χ0v) is 3.50. The van der Waals surface area contributed by atoms with Crippen LogP contribution in [0.4, 0.5) is 0 Å². The van der Waals surface area contributed by atoms with Gasteiger partial charge in [-0.25, -0.2) is 4.79 Å². The van der Waals surface area contributed by atoms with Gasteiger partial charge in [0.15, 0.2) is 0 Å². The number of ether oxygens (including phenoxy) is 1. The summed E-state index contributed by atoms with van der Waals surface area (Å²) in [5.74, 6) is -0.479. The first kappa shape index (κ1) is 4.33. The molecule has 0 amide bonds. The van der Waals surface area contributed by atoms with Crippen molar-refractivity contribution < 1.29 is 14.6 Å². The molecule has 1 N–H and O–H groups in total. The van der Waals surface area contributed by atoms with Crippen molar-refractivity contribution in [2.45, 2.75) is 6.29 Å². The van der Waals surface area contributed by atoms with Crippen LogP contribution in [-0.4, -0.2) is 17.4 Å². The van der Waals surface area contributed by atoms with Crippen LogP contribution >= 0.6 is 0 Å². The molecule has 0 saturated heterocycles. The molecule has 3 heteroatoms. The quantitative estimate of drug-likeness (QED) is 0.414. The Morgan fingerprint density at radius 1 is 1.86 bits per heavy atom. The molecule has 0 aromatic rings. The van der Waals surface area contributed by atoms with Crippen LogP contribution in [0.5, 0.6) is 0 Å². The molecular formula is C4H4O3. The molecule has 0 saturated carbocycles. The lowest BCUT2D eigenvalue weighted by atomic mass is 10.5. The second kappa shape index (κ2) is 1.35. The number of esters is 1. The van der Waals surface area contributed by atoms with E-state index in [0.717, 1.165) is 0 Å². The Hall–Kier alpha value is -0.830. The summed E-state index contributed by atoms with van der Waals surface area (Å²) in [5, 5.41) is 8.37. The van der Waals surface area contributed by atoms with Gasteiger partial charge in [0.05, 0.1) is 0 Å².